The van der Waals surface area contributed by atoms with Crippen LogP contribution < -0.4 is 10.5 Å². The number of carbonyl (C=O) groups is 2. The molecule has 6 heteroatoms. The Morgan fingerprint density at radius 1 is 1.27 bits per heavy atom. The zero-order valence-electron chi connectivity index (χ0n) is 13.1. The average Bonchev–Trinajstić information content (AvgIpc) is 2.52. The van der Waals surface area contributed by atoms with Crippen LogP contribution in [0.5, 0.6) is 5.75 Å². The third-order valence-electron chi connectivity index (χ3n) is 3.90. The van der Waals surface area contributed by atoms with Gasteiger partial charge in [0, 0.05) is 25.7 Å². The molecule has 1 aromatic rings. The first-order chi connectivity index (χ1) is 10.5. The Morgan fingerprint density at radius 3 is 2.55 bits per heavy atom. The minimum atomic E-state index is -0.594. The van der Waals surface area contributed by atoms with Crippen LogP contribution in [0.15, 0.2) is 30.3 Å². The third-order valence-corrected chi connectivity index (χ3v) is 3.90. The van der Waals surface area contributed by atoms with Crippen molar-refractivity contribution in [1.82, 2.24) is 9.80 Å². The summed E-state index contributed by atoms with van der Waals surface area (Å²) in [5, 5.41) is 0. The lowest BCUT2D eigenvalue weighted by molar-refractivity contribution is -0.144. The Balaban J connectivity index is 1.97. The van der Waals surface area contributed by atoms with E-state index < -0.39 is 11.9 Å². The number of para-hydroxylation sites is 1. The molecule has 0 bridgehead atoms. The number of ether oxygens (including phenoxy) is 1. The topological polar surface area (TPSA) is 75.9 Å². The lowest BCUT2D eigenvalue weighted by Gasteiger charge is -2.41. The fraction of sp³-hybridized carbons (Fsp3) is 0.500. The van der Waals surface area contributed by atoms with E-state index in [9.17, 15) is 9.59 Å². The van der Waals surface area contributed by atoms with Crippen molar-refractivity contribution in [2.24, 2.45) is 5.73 Å². The molecule has 1 aromatic carbocycles. The lowest BCUT2D eigenvalue weighted by Crippen LogP contribution is -2.61. The molecule has 1 heterocycles. The van der Waals surface area contributed by atoms with Crippen LogP contribution in [-0.4, -0.2) is 59.9 Å². The van der Waals surface area contributed by atoms with E-state index in [1.807, 2.05) is 18.2 Å². The molecule has 22 heavy (non-hydrogen) atoms. The van der Waals surface area contributed by atoms with Gasteiger partial charge in [-0.2, -0.15) is 0 Å². The molecule has 0 spiro atoms. The molecule has 0 aliphatic carbocycles. The first-order valence-corrected chi connectivity index (χ1v) is 7.49. The molecule has 1 fully saturated rings. The SMILES string of the molecule is CC(C)N1CCN(C(=O)COc2ccccc2)[C@H](C(N)=O)C1. The Hall–Kier alpha value is -2.08. The van der Waals surface area contributed by atoms with E-state index in [2.05, 4.69) is 18.7 Å². The number of hydrogen-bond acceptors (Lipinski definition) is 4. The molecule has 2 N–H and O–H groups in total. The van der Waals surface area contributed by atoms with Crippen molar-refractivity contribution in [1.29, 1.82) is 0 Å². The summed E-state index contributed by atoms with van der Waals surface area (Å²) in [5.74, 6) is -0.0539. The number of primary amides is 1. The van der Waals surface area contributed by atoms with Crippen LogP contribution in [0.1, 0.15) is 13.8 Å². The van der Waals surface area contributed by atoms with E-state index in [0.717, 1.165) is 6.54 Å². The second-order valence-corrected chi connectivity index (χ2v) is 5.70. The van der Waals surface area contributed by atoms with Crippen LogP contribution in [-0.2, 0) is 9.59 Å². The fourth-order valence-corrected chi connectivity index (χ4v) is 2.56. The number of nitrogens with two attached hydrogens (primary N) is 1. The monoisotopic (exact) mass is 305 g/mol. The van der Waals surface area contributed by atoms with Gasteiger partial charge in [0.25, 0.3) is 5.91 Å². The first kappa shape index (κ1) is 16.3. The van der Waals surface area contributed by atoms with Gasteiger partial charge >= 0.3 is 0 Å². The van der Waals surface area contributed by atoms with E-state index in [1.54, 1.807) is 12.1 Å². The largest absolute Gasteiger partial charge is 0.484 e. The van der Waals surface area contributed by atoms with Crippen LogP contribution in [0.3, 0.4) is 0 Å². The first-order valence-electron chi connectivity index (χ1n) is 7.49. The van der Waals surface area contributed by atoms with Crippen LogP contribution >= 0.6 is 0 Å². The Labute approximate surface area is 130 Å². The van der Waals surface area contributed by atoms with Gasteiger partial charge in [0.1, 0.15) is 11.8 Å². The van der Waals surface area contributed by atoms with Gasteiger partial charge in [-0.15, -0.1) is 0 Å². The zero-order chi connectivity index (χ0) is 16.1. The summed E-state index contributed by atoms with van der Waals surface area (Å²) >= 11 is 0. The number of hydrogen-bond donors (Lipinski definition) is 1. The third kappa shape index (κ3) is 3.98. The molecule has 1 aliphatic heterocycles. The minimum Gasteiger partial charge on any atom is -0.484 e. The summed E-state index contributed by atoms with van der Waals surface area (Å²) in [6.07, 6.45) is 0. The van der Waals surface area contributed by atoms with Crippen molar-refractivity contribution >= 4 is 11.8 Å². The standard InChI is InChI=1S/C16H23N3O3/c1-12(2)18-8-9-19(14(10-18)16(17)21)15(20)11-22-13-6-4-3-5-7-13/h3-7,12,14H,8-11H2,1-2H3,(H2,17,21)/t14-/m0/s1. The van der Waals surface area contributed by atoms with Gasteiger partial charge < -0.3 is 15.4 Å². The van der Waals surface area contributed by atoms with E-state index in [4.69, 9.17) is 10.5 Å². The van der Waals surface area contributed by atoms with Crippen LogP contribution in [0, 0.1) is 0 Å². The van der Waals surface area contributed by atoms with Gasteiger partial charge in [-0.25, -0.2) is 0 Å². The highest BCUT2D eigenvalue weighted by Gasteiger charge is 2.34. The molecule has 6 nitrogen and oxygen atoms in total. The lowest BCUT2D eigenvalue weighted by atomic mass is 10.1. The summed E-state index contributed by atoms with van der Waals surface area (Å²) in [6.45, 7) is 5.74. The van der Waals surface area contributed by atoms with Crippen molar-refractivity contribution in [3.63, 3.8) is 0 Å². The maximum atomic E-state index is 12.3. The molecule has 0 radical (unpaired) electrons. The normalized spacial score (nSPS) is 19.2. The molecule has 0 unspecified atom stereocenters. The summed E-state index contributed by atoms with van der Waals surface area (Å²) < 4.78 is 5.47. The maximum Gasteiger partial charge on any atom is 0.261 e. The van der Waals surface area contributed by atoms with Crippen LogP contribution in [0.4, 0.5) is 0 Å². The highest BCUT2D eigenvalue weighted by Crippen LogP contribution is 2.14. The average molecular weight is 305 g/mol. The summed E-state index contributed by atoms with van der Waals surface area (Å²) in [4.78, 5) is 27.7. The fourth-order valence-electron chi connectivity index (χ4n) is 2.56. The number of amides is 2. The quantitative estimate of drug-likeness (QED) is 0.858. The number of rotatable bonds is 5. The molecule has 2 rings (SSSR count). The van der Waals surface area contributed by atoms with E-state index >= 15 is 0 Å². The second-order valence-electron chi connectivity index (χ2n) is 5.70. The van der Waals surface area contributed by atoms with Gasteiger partial charge in [0.2, 0.25) is 5.91 Å². The van der Waals surface area contributed by atoms with Crippen LogP contribution in [0.2, 0.25) is 0 Å². The van der Waals surface area contributed by atoms with Crippen LogP contribution in [0.25, 0.3) is 0 Å². The predicted molar refractivity (Wildman–Crippen MR) is 83.3 cm³/mol. The van der Waals surface area contributed by atoms with Crippen molar-refractivity contribution in [3.8, 4) is 5.75 Å². The second kappa shape index (κ2) is 7.26. The van der Waals surface area contributed by atoms with E-state index in [-0.39, 0.29) is 12.5 Å². The zero-order valence-corrected chi connectivity index (χ0v) is 13.1. The molecule has 0 saturated carbocycles. The van der Waals surface area contributed by atoms with E-state index in [0.29, 0.717) is 24.9 Å². The predicted octanol–water partition coefficient (Wildman–Crippen LogP) is 0.472. The summed E-state index contributed by atoms with van der Waals surface area (Å²) in [6, 6.07) is 8.86. The van der Waals surface area contributed by atoms with Gasteiger partial charge in [0.05, 0.1) is 0 Å². The number of benzene rings is 1. The van der Waals surface area contributed by atoms with Crippen molar-refractivity contribution in [2.75, 3.05) is 26.2 Å². The van der Waals surface area contributed by atoms with Crippen molar-refractivity contribution < 1.29 is 14.3 Å². The molecule has 1 atom stereocenters. The smallest absolute Gasteiger partial charge is 0.261 e. The van der Waals surface area contributed by atoms with Gasteiger partial charge in [-0.05, 0) is 26.0 Å². The van der Waals surface area contributed by atoms with Gasteiger partial charge in [0.15, 0.2) is 6.61 Å². The molecular weight excluding hydrogens is 282 g/mol. The minimum absolute atomic E-state index is 0.0878. The van der Waals surface area contributed by atoms with Crippen molar-refractivity contribution in [2.45, 2.75) is 25.9 Å². The van der Waals surface area contributed by atoms with Crippen molar-refractivity contribution in [3.05, 3.63) is 30.3 Å². The van der Waals surface area contributed by atoms with Gasteiger partial charge in [-0.1, -0.05) is 18.2 Å². The molecule has 1 saturated heterocycles. The Morgan fingerprint density at radius 2 is 1.95 bits per heavy atom. The maximum absolute atomic E-state index is 12.3. The van der Waals surface area contributed by atoms with Gasteiger partial charge in [-0.3, -0.25) is 14.5 Å². The molecule has 2 amide bonds. The molecule has 1 aliphatic rings. The molecular formula is C16H23N3O3. The summed E-state index contributed by atoms with van der Waals surface area (Å²) in [5.41, 5.74) is 5.46. The highest BCUT2D eigenvalue weighted by atomic mass is 16.5. The Bertz CT molecular complexity index is 519. The Kier molecular flexibility index (Phi) is 5.38. The molecule has 120 valence electrons. The molecule has 0 aromatic heterocycles. The summed E-state index contributed by atoms with van der Waals surface area (Å²) in [7, 11) is 0. The highest BCUT2D eigenvalue weighted by molar-refractivity contribution is 5.87. The number of carbonyl (C=O) groups excluding carboxylic acids is 2. The number of nitrogens with zero attached hydrogens (tertiary/aromatic N) is 2. The van der Waals surface area contributed by atoms with E-state index in [1.165, 1.54) is 4.90 Å². The number of piperazine rings is 1.